The molecule has 8 heteroatoms. The Labute approximate surface area is 168 Å². The van der Waals surface area contributed by atoms with Gasteiger partial charge in [0.25, 0.3) is 12.1 Å². The maximum absolute atomic E-state index is 12.0. The van der Waals surface area contributed by atoms with E-state index in [9.17, 15) is 15.0 Å². The summed E-state index contributed by atoms with van der Waals surface area (Å²) in [6.07, 6.45) is 2.74. The summed E-state index contributed by atoms with van der Waals surface area (Å²) in [6.45, 7) is 2.17. The second kappa shape index (κ2) is 9.50. The van der Waals surface area contributed by atoms with Crippen molar-refractivity contribution in [3.8, 4) is 0 Å². The van der Waals surface area contributed by atoms with E-state index in [1.54, 1.807) is 29.1 Å². The lowest BCUT2D eigenvalue weighted by Gasteiger charge is -2.10. The summed E-state index contributed by atoms with van der Waals surface area (Å²) in [5.74, 6) is -0.800. The molecule has 2 N–H and O–H groups in total. The normalized spacial score (nSPS) is 12.5. The molecule has 0 spiro atoms. The average molecular weight is 394 g/mol. The number of carboxylic acid groups (broad SMARTS) is 1. The minimum Gasteiger partial charge on any atom is -0.846 e. The van der Waals surface area contributed by atoms with Crippen molar-refractivity contribution >= 4 is 17.9 Å². The van der Waals surface area contributed by atoms with E-state index in [0.717, 1.165) is 6.42 Å². The van der Waals surface area contributed by atoms with Crippen LogP contribution in [-0.4, -0.2) is 28.9 Å². The highest BCUT2D eigenvalue weighted by molar-refractivity contribution is 5.89. The molecule has 0 fully saturated rings. The van der Waals surface area contributed by atoms with Gasteiger partial charge in [-0.1, -0.05) is 48.5 Å². The lowest BCUT2D eigenvalue weighted by molar-refractivity contribution is -0.782. The Balaban J connectivity index is 1.54. The van der Waals surface area contributed by atoms with E-state index in [1.165, 1.54) is 11.6 Å². The highest BCUT2D eigenvalue weighted by Crippen LogP contribution is 2.11. The zero-order valence-electron chi connectivity index (χ0n) is 16.0. The number of hydrogen-bond acceptors (Lipinski definition) is 5. The Morgan fingerprint density at radius 2 is 1.97 bits per heavy atom. The second-order valence-corrected chi connectivity index (χ2v) is 6.61. The third-order valence-electron chi connectivity index (χ3n) is 4.42. The fraction of sp³-hybridized carbons (Fsp3) is 0.238. The van der Waals surface area contributed by atoms with Crippen molar-refractivity contribution in [1.82, 2.24) is 5.27 Å². The molecule has 2 aromatic carbocycles. The van der Waals surface area contributed by atoms with Crippen LogP contribution in [0, 0.1) is 0 Å². The summed E-state index contributed by atoms with van der Waals surface area (Å²) in [4.78, 5) is 15.1. The number of aromatic carboxylic acids is 1. The number of benzene rings is 2. The van der Waals surface area contributed by atoms with Crippen LogP contribution in [0.25, 0.3) is 0 Å². The molecule has 0 radical (unpaired) electrons. The quantitative estimate of drug-likeness (QED) is 0.342. The predicted molar refractivity (Wildman–Crippen MR) is 105 cm³/mol. The highest BCUT2D eigenvalue weighted by Gasteiger charge is 2.19. The van der Waals surface area contributed by atoms with Gasteiger partial charge in [0.05, 0.1) is 11.6 Å². The highest BCUT2D eigenvalue weighted by atomic mass is 16.5. The van der Waals surface area contributed by atoms with E-state index in [2.05, 4.69) is 15.6 Å². The number of aromatic nitrogens is 2. The van der Waals surface area contributed by atoms with Gasteiger partial charge >= 0.3 is 5.97 Å². The molecule has 150 valence electrons. The zero-order chi connectivity index (χ0) is 20.6. The van der Waals surface area contributed by atoms with Crippen LogP contribution in [0.5, 0.6) is 0 Å². The second-order valence-electron chi connectivity index (χ2n) is 6.61. The van der Waals surface area contributed by atoms with E-state index in [1.807, 2.05) is 37.3 Å². The van der Waals surface area contributed by atoms with Gasteiger partial charge in [0, 0.05) is 19.9 Å². The lowest BCUT2D eigenvalue weighted by atomic mass is 10.1. The molecular weight excluding hydrogens is 372 g/mol. The topological polar surface area (TPSA) is 115 Å². The average Bonchev–Trinajstić information content (AvgIpc) is 3.17. The molecule has 1 unspecified atom stereocenters. The first-order valence-corrected chi connectivity index (χ1v) is 9.24. The molecule has 1 heterocycles. The van der Waals surface area contributed by atoms with Crippen LogP contribution < -0.4 is 15.1 Å². The smallest absolute Gasteiger partial charge is 0.335 e. The van der Waals surface area contributed by atoms with E-state index < -0.39 is 12.0 Å². The fourth-order valence-corrected chi connectivity index (χ4v) is 2.94. The maximum Gasteiger partial charge on any atom is 0.335 e. The van der Waals surface area contributed by atoms with Crippen LogP contribution in [0.1, 0.15) is 34.5 Å². The summed E-state index contributed by atoms with van der Waals surface area (Å²) in [5.41, 5.74) is 2.02. The van der Waals surface area contributed by atoms with Gasteiger partial charge in [0.1, 0.15) is 0 Å². The first-order chi connectivity index (χ1) is 14.0. The SMILES string of the molecule is CC(Cc1ccccc1)[n+]1cc(NC([O-])=NCCc2ccccc2C(=O)O)on1. The van der Waals surface area contributed by atoms with E-state index in [0.29, 0.717) is 12.0 Å². The van der Waals surface area contributed by atoms with Gasteiger partial charge in [-0.2, -0.15) is 0 Å². The number of anilines is 1. The summed E-state index contributed by atoms with van der Waals surface area (Å²) in [6, 6.07) is 16.2. The molecule has 0 saturated carbocycles. The van der Waals surface area contributed by atoms with Crippen molar-refractivity contribution in [2.45, 2.75) is 25.8 Å². The third kappa shape index (κ3) is 5.65. The lowest BCUT2D eigenvalue weighted by Crippen LogP contribution is -2.40. The van der Waals surface area contributed by atoms with Gasteiger partial charge in [0.2, 0.25) is 5.27 Å². The molecule has 0 aliphatic rings. The molecule has 0 amide bonds. The minimum absolute atomic E-state index is 0.0521. The van der Waals surface area contributed by atoms with Crippen LogP contribution in [0.4, 0.5) is 5.88 Å². The van der Waals surface area contributed by atoms with Crippen LogP contribution in [-0.2, 0) is 12.8 Å². The molecular formula is C21H22N4O4. The van der Waals surface area contributed by atoms with Crippen LogP contribution in [0.3, 0.4) is 0 Å². The van der Waals surface area contributed by atoms with Crippen molar-refractivity contribution in [1.29, 1.82) is 0 Å². The number of hydrogen-bond donors (Lipinski definition) is 2. The number of amidine groups is 1. The van der Waals surface area contributed by atoms with E-state index in [-0.39, 0.29) is 24.0 Å². The van der Waals surface area contributed by atoms with Crippen LogP contribution >= 0.6 is 0 Å². The van der Waals surface area contributed by atoms with Gasteiger partial charge in [0.15, 0.2) is 6.04 Å². The first kappa shape index (κ1) is 20.1. The van der Waals surface area contributed by atoms with Gasteiger partial charge in [-0.15, -0.1) is 0 Å². The number of rotatable bonds is 8. The number of aliphatic imine (C=N–C) groups is 1. The third-order valence-corrected chi connectivity index (χ3v) is 4.42. The van der Waals surface area contributed by atoms with Crippen LogP contribution in [0.2, 0.25) is 0 Å². The van der Waals surface area contributed by atoms with E-state index in [4.69, 9.17) is 4.52 Å². The number of nitrogens with one attached hydrogen (secondary N) is 1. The molecule has 29 heavy (non-hydrogen) atoms. The molecule has 1 aromatic heterocycles. The van der Waals surface area contributed by atoms with Crippen molar-refractivity contribution in [2.75, 3.05) is 11.9 Å². The van der Waals surface area contributed by atoms with Crippen molar-refractivity contribution in [2.24, 2.45) is 4.99 Å². The summed E-state index contributed by atoms with van der Waals surface area (Å²) >= 11 is 0. The Bertz CT molecular complexity index is 985. The minimum atomic E-state index is -0.999. The Kier molecular flexibility index (Phi) is 6.57. The molecule has 3 aromatic rings. The Morgan fingerprint density at radius 1 is 1.24 bits per heavy atom. The number of carbonyl (C=O) groups is 1. The van der Waals surface area contributed by atoms with Crippen molar-refractivity contribution in [3.05, 3.63) is 77.5 Å². The van der Waals surface area contributed by atoms with Gasteiger partial charge < -0.3 is 15.5 Å². The Morgan fingerprint density at radius 3 is 2.72 bits per heavy atom. The molecule has 0 aliphatic carbocycles. The fourth-order valence-electron chi connectivity index (χ4n) is 2.94. The predicted octanol–water partition coefficient (Wildman–Crippen LogP) is 1.83. The molecule has 8 nitrogen and oxygen atoms in total. The maximum atomic E-state index is 12.0. The number of nitrogens with zero attached hydrogens (tertiary/aromatic N) is 3. The summed E-state index contributed by atoms with van der Waals surface area (Å²) in [7, 11) is 0. The van der Waals surface area contributed by atoms with Gasteiger partial charge in [-0.3, -0.25) is 9.52 Å². The monoisotopic (exact) mass is 394 g/mol. The largest absolute Gasteiger partial charge is 0.846 e. The Hall–Kier alpha value is -3.68. The zero-order valence-corrected chi connectivity index (χ0v) is 16.0. The standard InChI is InChI=1S/C21H22N4O4/c1-15(13-16-7-3-2-4-8-16)25-14-19(29-24-25)23-21(28)22-12-11-17-9-5-6-10-18(17)20(26)27/h2-10,14-15H,11-13H2,1H3,(H2-,22,23,24,26,27,28). The molecule has 1 atom stereocenters. The van der Waals surface area contributed by atoms with Crippen molar-refractivity contribution < 1.29 is 24.2 Å². The van der Waals surface area contributed by atoms with Gasteiger partial charge in [-0.25, -0.2) is 4.79 Å². The molecule has 0 saturated heterocycles. The van der Waals surface area contributed by atoms with Gasteiger partial charge in [-0.05, 0) is 28.3 Å². The van der Waals surface area contributed by atoms with E-state index >= 15 is 0 Å². The molecule has 3 rings (SSSR count). The van der Waals surface area contributed by atoms with Crippen molar-refractivity contribution in [3.63, 3.8) is 0 Å². The summed E-state index contributed by atoms with van der Waals surface area (Å²) in [5, 5.41) is 27.7. The first-order valence-electron chi connectivity index (χ1n) is 9.24. The van der Waals surface area contributed by atoms with Crippen LogP contribution in [0.15, 0.2) is 70.3 Å². The summed E-state index contributed by atoms with van der Waals surface area (Å²) < 4.78 is 6.80. The molecule has 0 bridgehead atoms. The molecule has 0 aliphatic heterocycles. The number of carboxylic acids is 1.